The van der Waals surface area contributed by atoms with Crippen LogP contribution < -0.4 is 5.43 Å². The predicted octanol–water partition coefficient (Wildman–Crippen LogP) is 3.91. The molecule has 1 aliphatic heterocycles. The van der Waals surface area contributed by atoms with Crippen LogP contribution in [0, 0.1) is 0 Å². The first-order valence-corrected chi connectivity index (χ1v) is 8.93. The first-order valence-electron chi connectivity index (χ1n) is 7.53. The van der Waals surface area contributed by atoms with Crippen LogP contribution >= 0.6 is 0 Å². The molecule has 26 heavy (non-hydrogen) atoms. The summed E-state index contributed by atoms with van der Waals surface area (Å²) in [6, 6.07) is 23.0. The predicted molar refractivity (Wildman–Crippen MR) is 98.7 cm³/mol. The molecule has 0 aromatic heterocycles. The average Bonchev–Trinajstić information content (AvgIpc) is 2.59. The Labute approximate surface area is 149 Å². The maximum Gasteiger partial charge on any atom is 0.394 e. The van der Waals surface area contributed by atoms with Crippen molar-refractivity contribution < 1.29 is 21.9 Å². The molecule has 1 heterocycles. The Balaban J connectivity index is 0.000000349. The highest BCUT2D eigenvalue weighted by Gasteiger charge is 2.14. The van der Waals surface area contributed by atoms with E-state index < -0.39 is 10.4 Å². The second-order valence-electron chi connectivity index (χ2n) is 5.48. The average molecular weight is 370 g/mol. The summed E-state index contributed by atoms with van der Waals surface area (Å²) < 4.78 is 37.5. The van der Waals surface area contributed by atoms with E-state index in [9.17, 15) is 4.79 Å². The minimum absolute atomic E-state index is 0.0413. The third-order valence-corrected chi connectivity index (χ3v) is 3.64. The molecule has 132 valence electrons. The van der Waals surface area contributed by atoms with Crippen LogP contribution in [0.15, 0.2) is 82.0 Å². The summed E-state index contributed by atoms with van der Waals surface area (Å²) in [5.41, 5.74) is 3.63. The van der Waals surface area contributed by atoms with Gasteiger partial charge in [-0.05, 0) is 29.3 Å². The third kappa shape index (κ3) is 4.34. The van der Waals surface area contributed by atoms with Gasteiger partial charge in [-0.1, -0.05) is 48.5 Å². The number of rotatable bonds is 1. The van der Waals surface area contributed by atoms with Crippen LogP contribution in [0.5, 0.6) is 0 Å². The van der Waals surface area contributed by atoms with Crippen molar-refractivity contribution in [2.24, 2.45) is 0 Å². The second kappa shape index (κ2) is 7.09. The van der Waals surface area contributed by atoms with Crippen LogP contribution in [0.3, 0.4) is 0 Å². The molecule has 0 bridgehead atoms. The Morgan fingerprint density at radius 2 is 1.38 bits per heavy atom. The van der Waals surface area contributed by atoms with Gasteiger partial charge in [-0.15, -0.1) is 0 Å². The molecule has 1 aliphatic carbocycles. The maximum atomic E-state index is 12.0. The van der Waals surface area contributed by atoms with Crippen molar-refractivity contribution in [2.75, 3.05) is 0 Å². The molecule has 0 unspecified atom stereocenters. The lowest BCUT2D eigenvalue weighted by molar-refractivity contribution is 0.381. The van der Waals surface area contributed by atoms with Gasteiger partial charge in [0.2, 0.25) is 0 Å². The number of para-hydroxylation sites is 1. The SMILES string of the molecule is O=S(=O)(O)O.O=c1cc2oc3ccccc3cc-2c(-c2ccccc2)c1. The Morgan fingerprint density at radius 1 is 0.769 bits per heavy atom. The zero-order chi connectivity index (χ0) is 18.7. The Morgan fingerprint density at radius 3 is 2.08 bits per heavy atom. The lowest BCUT2D eigenvalue weighted by Gasteiger charge is -2.12. The molecule has 2 aliphatic rings. The molecular formula is C19H14O6S. The van der Waals surface area contributed by atoms with Crippen molar-refractivity contribution in [1.82, 2.24) is 0 Å². The molecule has 0 amide bonds. The minimum atomic E-state index is -4.67. The molecule has 0 spiro atoms. The highest BCUT2D eigenvalue weighted by atomic mass is 32.3. The van der Waals surface area contributed by atoms with Crippen molar-refractivity contribution in [2.45, 2.75) is 0 Å². The van der Waals surface area contributed by atoms with Gasteiger partial charge in [0.25, 0.3) is 0 Å². The summed E-state index contributed by atoms with van der Waals surface area (Å²) in [7, 11) is -4.67. The molecule has 0 saturated heterocycles. The molecule has 2 aromatic carbocycles. The van der Waals surface area contributed by atoms with Crippen LogP contribution in [-0.2, 0) is 10.4 Å². The smallest absolute Gasteiger partial charge is 0.394 e. The van der Waals surface area contributed by atoms with Crippen LogP contribution in [0.1, 0.15) is 0 Å². The van der Waals surface area contributed by atoms with E-state index in [1.807, 2.05) is 54.6 Å². The summed E-state index contributed by atoms with van der Waals surface area (Å²) in [4.78, 5) is 12.0. The van der Waals surface area contributed by atoms with E-state index in [0.29, 0.717) is 5.76 Å². The van der Waals surface area contributed by atoms with Gasteiger partial charge in [-0.2, -0.15) is 8.42 Å². The molecule has 0 radical (unpaired) electrons. The second-order valence-corrected chi connectivity index (χ2v) is 6.38. The van der Waals surface area contributed by atoms with Gasteiger partial charge in [-0.3, -0.25) is 13.9 Å². The highest BCUT2D eigenvalue weighted by molar-refractivity contribution is 7.79. The molecule has 7 heteroatoms. The minimum Gasteiger partial charge on any atom is -0.456 e. The van der Waals surface area contributed by atoms with Crippen molar-refractivity contribution in [3.63, 3.8) is 0 Å². The molecule has 0 saturated carbocycles. The fourth-order valence-electron chi connectivity index (χ4n) is 2.66. The van der Waals surface area contributed by atoms with E-state index in [1.54, 1.807) is 12.1 Å². The van der Waals surface area contributed by atoms with E-state index >= 15 is 0 Å². The number of benzene rings is 3. The van der Waals surface area contributed by atoms with E-state index in [0.717, 1.165) is 27.7 Å². The van der Waals surface area contributed by atoms with E-state index in [2.05, 4.69) is 6.07 Å². The first kappa shape index (κ1) is 17.8. The Bertz CT molecular complexity index is 1170. The van der Waals surface area contributed by atoms with Crippen LogP contribution in [0.2, 0.25) is 0 Å². The standard InChI is InChI=1S/C19H12O2.H2O4S/c20-15-11-16(13-6-2-1-3-7-13)17-10-14-8-4-5-9-18(14)21-19(17)12-15;1-5(2,3)4/h1-12H;(H2,1,2,3,4). The van der Waals surface area contributed by atoms with Crippen LogP contribution in [0.25, 0.3) is 33.4 Å². The summed E-state index contributed by atoms with van der Waals surface area (Å²) >= 11 is 0. The first-order chi connectivity index (χ1) is 12.3. The largest absolute Gasteiger partial charge is 0.456 e. The normalized spacial score (nSPS) is 11.2. The highest BCUT2D eigenvalue weighted by Crippen LogP contribution is 2.35. The van der Waals surface area contributed by atoms with Crippen molar-refractivity contribution in [1.29, 1.82) is 0 Å². The fourth-order valence-corrected chi connectivity index (χ4v) is 2.66. The molecular weight excluding hydrogens is 356 g/mol. The zero-order valence-electron chi connectivity index (χ0n) is 13.4. The van der Waals surface area contributed by atoms with Gasteiger partial charge in [0.15, 0.2) is 5.43 Å². The molecule has 2 aromatic rings. The van der Waals surface area contributed by atoms with Gasteiger partial charge in [-0.25, -0.2) is 0 Å². The van der Waals surface area contributed by atoms with Gasteiger partial charge in [0.05, 0.1) is 0 Å². The van der Waals surface area contributed by atoms with E-state index in [-0.39, 0.29) is 5.43 Å². The summed E-state index contributed by atoms with van der Waals surface area (Å²) in [6.45, 7) is 0. The summed E-state index contributed by atoms with van der Waals surface area (Å²) in [5, 5.41) is 1.03. The van der Waals surface area contributed by atoms with Gasteiger partial charge in [0, 0.05) is 17.0 Å². The summed E-state index contributed by atoms with van der Waals surface area (Å²) in [5.74, 6) is 0.625. The molecule has 4 rings (SSSR count). The Kier molecular flexibility index (Phi) is 4.85. The molecule has 6 nitrogen and oxygen atoms in total. The monoisotopic (exact) mass is 370 g/mol. The van der Waals surface area contributed by atoms with Crippen molar-refractivity contribution in [3.8, 4) is 22.5 Å². The summed E-state index contributed by atoms with van der Waals surface area (Å²) in [6.07, 6.45) is 0. The van der Waals surface area contributed by atoms with Crippen LogP contribution in [-0.4, -0.2) is 17.5 Å². The maximum absolute atomic E-state index is 12.0. The Hall–Kier alpha value is -3.00. The van der Waals surface area contributed by atoms with E-state index in [1.165, 1.54) is 0 Å². The number of fused-ring (bicyclic) bond motifs is 2. The number of hydrogen-bond donors (Lipinski definition) is 2. The zero-order valence-corrected chi connectivity index (χ0v) is 14.2. The van der Waals surface area contributed by atoms with Crippen molar-refractivity contribution >= 4 is 21.4 Å². The van der Waals surface area contributed by atoms with Crippen LogP contribution in [0.4, 0.5) is 0 Å². The fraction of sp³-hybridized carbons (Fsp3) is 0. The third-order valence-electron chi connectivity index (χ3n) is 3.64. The lowest BCUT2D eigenvalue weighted by atomic mass is 9.96. The van der Waals surface area contributed by atoms with Gasteiger partial charge < -0.3 is 4.42 Å². The van der Waals surface area contributed by atoms with Gasteiger partial charge in [0.1, 0.15) is 11.3 Å². The van der Waals surface area contributed by atoms with Crippen molar-refractivity contribution in [3.05, 3.63) is 83.0 Å². The lowest BCUT2D eigenvalue weighted by Crippen LogP contribution is -2.01. The van der Waals surface area contributed by atoms with Gasteiger partial charge >= 0.3 is 10.4 Å². The van der Waals surface area contributed by atoms with E-state index in [4.69, 9.17) is 21.9 Å². The number of hydrogen-bond acceptors (Lipinski definition) is 4. The quantitative estimate of drug-likeness (QED) is 0.389. The molecule has 0 atom stereocenters. The molecule has 0 fully saturated rings. The molecule has 2 N–H and O–H groups in total. The topological polar surface area (TPSA) is 105 Å².